The summed E-state index contributed by atoms with van der Waals surface area (Å²) in [5, 5.41) is 10.6. The zero-order chi connectivity index (χ0) is 27.9. The Morgan fingerprint density at radius 1 is 1.11 bits per heavy atom. The third-order valence-electron chi connectivity index (χ3n) is 5.91. The fourth-order valence-corrected chi connectivity index (χ4v) is 5.91. The smallest absolute Gasteiger partial charge is 0.410 e. The van der Waals surface area contributed by atoms with Crippen LogP contribution in [0.2, 0.25) is 10.0 Å². The maximum Gasteiger partial charge on any atom is 0.410 e. The van der Waals surface area contributed by atoms with E-state index >= 15 is 0 Å². The zero-order valence-electron chi connectivity index (χ0n) is 21.5. The molecule has 12 heteroatoms. The molecular formula is C26H32Cl2N4O5S. The second-order valence-electron chi connectivity index (χ2n) is 9.05. The van der Waals surface area contributed by atoms with Crippen molar-refractivity contribution in [3.05, 3.63) is 76.8 Å². The fourth-order valence-electron chi connectivity index (χ4n) is 3.95. The van der Waals surface area contributed by atoms with Crippen LogP contribution in [0.15, 0.2) is 66.1 Å². The number of aromatic nitrogens is 2. The van der Waals surface area contributed by atoms with E-state index in [2.05, 4.69) is 4.98 Å². The van der Waals surface area contributed by atoms with E-state index in [4.69, 9.17) is 27.9 Å². The van der Waals surface area contributed by atoms with Gasteiger partial charge >= 0.3 is 6.09 Å². The molecule has 0 aliphatic carbocycles. The van der Waals surface area contributed by atoms with Crippen LogP contribution >= 0.6 is 23.2 Å². The van der Waals surface area contributed by atoms with Crippen LogP contribution in [-0.2, 0) is 27.9 Å². The number of hydrogen-bond donors (Lipinski definition) is 1. The van der Waals surface area contributed by atoms with Crippen LogP contribution in [0, 0.1) is 0 Å². The van der Waals surface area contributed by atoms with E-state index in [1.807, 2.05) is 24.6 Å². The van der Waals surface area contributed by atoms with E-state index in [0.717, 1.165) is 4.31 Å². The number of benzene rings is 2. The first-order chi connectivity index (χ1) is 18.0. The van der Waals surface area contributed by atoms with Crippen molar-refractivity contribution in [2.45, 2.75) is 57.3 Å². The topological polar surface area (TPSA) is 105 Å². The number of halogens is 2. The van der Waals surface area contributed by atoms with Crippen LogP contribution < -0.4 is 4.31 Å². The lowest BCUT2D eigenvalue weighted by molar-refractivity contribution is 0.0873. The molecule has 0 spiro atoms. The molecule has 9 nitrogen and oxygen atoms in total. The van der Waals surface area contributed by atoms with E-state index in [1.165, 1.54) is 30.3 Å². The average molecular weight is 584 g/mol. The standard InChI is InChI=1S/C26H32Cl2N4O5S/c1-19(2)31(13-4-12-30-14-11-29-18-30)26(34)37-17-20(3)32(25-15-23(28)6-5-21(25)16-33)38(35,36)24-9-7-22(27)8-10-24/h5-11,14-15,18-20,33H,4,12-13,16-17H2,1-3H3. The predicted octanol–water partition coefficient (Wildman–Crippen LogP) is 5.20. The zero-order valence-corrected chi connectivity index (χ0v) is 23.8. The molecule has 1 heterocycles. The maximum absolute atomic E-state index is 13.8. The molecule has 0 fully saturated rings. The lowest BCUT2D eigenvalue weighted by atomic mass is 10.1. The van der Waals surface area contributed by atoms with Crippen molar-refractivity contribution in [2.24, 2.45) is 0 Å². The number of imidazole rings is 1. The van der Waals surface area contributed by atoms with E-state index in [0.29, 0.717) is 35.1 Å². The molecule has 3 aromatic rings. The summed E-state index contributed by atoms with van der Waals surface area (Å²) in [4.78, 5) is 18.6. The molecular weight excluding hydrogens is 551 g/mol. The summed E-state index contributed by atoms with van der Waals surface area (Å²) in [5.41, 5.74) is 0.549. The van der Waals surface area contributed by atoms with Crippen molar-refractivity contribution in [2.75, 3.05) is 17.5 Å². The van der Waals surface area contributed by atoms with Crippen LogP contribution in [0.5, 0.6) is 0 Å². The molecule has 38 heavy (non-hydrogen) atoms. The third kappa shape index (κ3) is 7.41. The number of aliphatic hydroxyl groups is 1. The molecule has 1 amide bonds. The van der Waals surface area contributed by atoms with Gasteiger partial charge in [-0.2, -0.15) is 0 Å². The van der Waals surface area contributed by atoms with E-state index in [-0.39, 0.29) is 23.2 Å². The molecule has 0 saturated heterocycles. The largest absolute Gasteiger partial charge is 0.447 e. The molecule has 0 aliphatic heterocycles. The van der Waals surface area contributed by atoms with E-state index in [9.17, 15) is 18.3 Å². The number of aryl methyl sites for hydroxylation is 1. The molecule has 0 aliphatic rings. The summed E-state index contributed by atoms with van der Waals surface area (Å²) < 4.78 is 36.3. The Balaban J connectivity index is 1.83. The summed E-state index contributed by atoms with van der Waals surface area (Å²) in [7, 11) is -4.15. The highest BCUT2D eigenvalue weighted by Crippen LogP contribution is 2.32. The second kappa shape index (κ2) is 13.3. The molecule has 0 bridgehead atoms. The van der Waals surface area contributed by atoms with Gasteiger partial charge in [-0.15, -0.1) is 0 Å². The third-order valence-corrected chi connectivity index (χ3v) is 8.34. The summed E-state index contributed by atoms with van der Waals surface area (Å²) >= 11 is 12.2. The number of amides is 1. The molecule has 1 N–H and O–H groups in total. The summed E-state index contributed by atoms with van der Waals surface area (Å²) in [5.74, 6) is 0. The number of anilines is 1. The van der Waals surface area contributed by atoms with Gasteiger partial charge in [-0.1, -0.05) is 29.3 Å². The molecule has 1 atom stereocenters. The van der Waals surface area contributed by atoms with Crippen molar-refractivity contribution in [3.63, 3.8) is 0 Å². The molecule has 1 aromatic heterocycles. The fraction of sp³-hybridized carbons (Fsp3) is 0.385. The SMILES string of the molecule is CC(C)N(CCCn1ccnc1)C(=O)OCC(C)N(c1cc(Cl)ccc1CO)S(=O)(=O)c1ccc(Cl)cc1. The molecule has 3 rings (SSSR count). The van der Waals surface area contributed by atoms with Crippen molar-refractivity contribution in [3.8, 4) is 0 Å². The van der Waals surface area contributed by atoms with Crippen LogP contribution in [0.1, 0.15) is 32.8 Å². The Morgan fingerprint density at radius 2 is 1.79 bits per heavy atom. The molecule has 2 aromatic carbocycles. The molecule has 206 valence electrons. The first kappa shape index (κ1) is 29.8. The highest BCUT2D eigenvalue weighted by molar-refractivity contribution is 7.92. The van der Waals surface area contributed by atoms with Gasteiger partial charge < -0.3 is 19.3 Å². The number of sulfonamides is 1. The second-order valence-corrected chi connectivity index (χ2v) is 11.7. The first-order valence-corrected chi connectivity index (χ1v) is 14.3. The summed E-state index contributed by atoms with van der Waals surface area (Å²) in [6.07, 6.45) is 5.41. The monoisotopic (exact) mass is 582 g/mol. The van der Waals surface area contributed by atoms with Gasteiger partial charge in [-0.3, -0.25) is 4.31 Å². The number of rotatable bonds is 12. The number of ether oxygens (including phenoxy) is 1. The minimum Gasteiger partial charge on any atom is -0.447 e. The number of carbonyl (C=O) groups is 1. The van der Waals surface area contributed by atoms with Gasteiger partial charge in [0, 0.05) is 47.1 Å². The summed E-state index contributed by atoms with van der Waals surface area (Å²) in [6, 6.07) is 9.39. The van der Waals surface area contributed by atoms with E-state index < -0.39 is 28.8 Å². The number of aliphatic hydroxyl groups excluding tert-OH is 1. The Morgan fingerprint density at radius 3 is 2.39 bits per heavy atom. The number of nitrogens with zero attached hydrogens (tertiary/aromatic N) is 4. The van der Waals surface area contributed by atoms with Crippen LogP contribution in [0.25, 0.3) is 0 Å². The highest BCUT2D eigenvalue weighted by Gasteiger charge is 2.32. The van der Waals surface area contributed by atoms with Gasteiger partial charge in [0.25, 0.3) is 10.0 Å². The van der Waals surface area contributed by atoms with Crippen molar-refractivity contribution in [1.29, 1.82) is 0 Å². The molecule has 0 saturated carbocycles. The van der Waals surface area contributed by atoms with Crippen molar-refractivity contribution < 1.29 is 23.1 Å². The normalized spacial score (nSPS) is 12.4. The Labute approximate surface area is 233 Å². The number of hydrogen-bond acceptors (Lipinski definition) is 6. The molecule has 1 unspecified atom stereocenters. The maximum atomic E-state index is 13.8. The minimum absolute atomic E-state index is 0.00718. The van der Waals surface area contributed by atoms with Crippen LogP contribution in [0.4, 0.5) is 10.5 Å². The number of carbonyl (C=O) groups excluding carboxylic acids is 1. The Hall–Kier alpha value is -2.79. The van der Waals surface area contributed by atoms with Gasteiger partial charge in [0.15, 0.2) is 0 Å². The van der Waals surface area contributed by atoms with Gasteiger partial charge in [-0.05, 0) is 63.6 Å². The van der Waals surface area contributed by atoms with Crippen LogP contribution in [0.3, 0.4) is 0 Å². The lowest BCUT2D eigenvalue weighted by Gasteiger charge is -2.33. The minimum atomic E-state index is -4.15. The van der Waals surface area contributed by atoms with E-state index in [1.54, 1.807) is 36.5 Å². The highest BCUT2D eigenvalue weighted by atomic mass is 35.5. The van der Waals surface area contributed by atoms with Crippen molar-refractivity contribution in [1.82, 2.24) is 14.5 Å². The first-order valence-electron chi connectivity index (χ1n) is 12.1. The van der Waals surface area contributed by atoms with Gasteiger partial charge in [0.1, 0.15) is 6.61 Å². The lowest BCUT2D eigenvalue weighted by Crippen LogP contribution is -2.44. The quantitative estimate of drug-likeness (QED) is 0.314. The van der Waals surface area contributed by atoms with Gasteiger partial charge in [0.2, 0.25) is 0 Å². The predicted molar refractivity (Wildman–Crippen MR) is 148 cm³/mol. The van der Waals surface area contributed by atoms with Crippen LogP contribution in [-0.4, -0.2) is 59.3 Å². The van der Waals surface area contributed by atoms with Crippen molar-refractivity contribution >= 4 is 45.0 Å². The Bertz CT molecular complexity index is 1300. The Kier molecular flexibility index (Phi) is 10.4. The summed E-state index contributed by atoms with van der Waals surface area (Å²) in [6.45, 7) is 5.91. The van der Waals surface area contributed by atoms with Gasteiger partial charge in [0.05, 0.1) is 29.6 Å². The molecule has 0 radical (unpaired) electrons. The average Bonchev–Trinajstić information content (AvgIpc) is 3.39. The van der Waals surface area contributed by atoms with Gasteiger partial charge in [-0.25, -0.2) is 18.2 Å².